The third-order valence-electron chi connectivity index (χ3n) is 7.74. The van der Waals surface area contributed by atoms with E-state index in [1.165, 1.54) is 34.1 Å². The Bertz CT molecular complexity index is 1380. The van der Waals surface area contributed by atoms with Crippen molar-refractivity contribution >= 4 is 31.9 Å². The fourth-order valence-corrected chi connectivity index (χ4v) is 7.48. The summed E-state index contributed by atoms with van der Waals surface area (Å²) in [5, 5.41) is 0. The lowest BCUT2D eigenvalue weighted by atomic mass is 10.0. The van der Waals surface area contributed by atoms with Gasteiger partial charge in [-0.25, -0.2) is 16.8 Å². The molecule has 1 aliphatic heterocycles. The van der Waals surface area contributed by atoms with Gasteiger partial charge in [0.25, 0.3) is 0 Å². The summed E-state index contributed by atoms with van der Waals surface area (Å²) >= 11 is 0. The summed E-state index contributed by atoms with van der Waals surface area (Å²) in [6.45, 7) is 12.2. The van der Waals surface area contributed by atoms with Gasteiger partial charge in [0.1, 0.15) is 12.1 Å². The Hall–Kier alpha value is -2.88. The minimum Gasteiger partial charge on any atom is -0.378 e. The van der Waals surface area contributed by atoms with E-state index in [-0.39, 0.29) is 86.0 Å². The summed E-state index contributed by atoms with van der Waals surface area (Å²) in [4.78, 5) is 30.4. The number of rotatable bonds is 10. The van der Waals surface area contributed by atoms with Gasteiger partial charge in [0.15, 0.2) is 0 Å². The molecule has 0 aromatic heterocycles. The average molecular weight is 681 g/mol. The molecule has 2 aromatic rings. The molecule has 3 rings (SSSR count). The van der Waals surface area contributed by atoms with Gasteiger partial charge in [-0.1, -0.05) is 63.1 Å². The number of carbonyl (C=O) groups is 2. The molecule has 0 bridgehead atoms. The molecule has 0 radical (unpaired) electrons. The van der Waals surface area contributed by atoms with Crippen LogP contribution in [-0.4, -0.2) is 103 Å². The van der Waals surface area contributed by atoms with Gasteiger partial charge in [-0.05, 0) is 49.9 Å². The lowest BCUT2D eigenvalue weighted by Crippen LogP contribution is -2.53. The Balaban J connectivity index is 1.64. The third-order valence-corrected chi connectivity index (χ3v) is 10.7. The van der Waals surface area contributed by atoms with Crippen LogP contribution < -0.4 is 9.44 Å². The maximum Gasteiger partial charge on any atom is 0.241 e. The predicted molar refractivity (Wildman–Crippen MR) is 175 cm³/mol. The molecule has 1 heterocycles. The summed E-state index contributed by atoms with van der Waals surface area (Å²) in [5.74, 6) is -1.42. The van der Waals surface area contributed by atoms with Crippen LogP contribution in [0, 0.1) is 25.7 Å². The van der Waals surface area contributed by atoms with Crippen molar-refractivity contribution in [3.8, 4) is 0 Å². The number of amides is 2. The third kappa shape index (κ3) is 10.6. The van der Waals surface area contributed by atoms with E-state index < -0.39 is 32.1 Å². The zero-order valence-electron chi connectivity index (χ0n) is 27.6. The molecule has 1 aliphatic rings. The standard InChI is InChI=1S/C32H48N4O8S2/c1-23(2)29(33-45(39,40)27-11-7-25(5)8-12-27)31(37)35-15-19-43-21-17-36(18-22-44-20-16-35)32(38)30(24(3)4)34-46(41,42)28-13-9-26(6)10-14-28/h7-14,23-24,29-30,33-34H,15-22H2,1-6H3/t29-,30-/m1/s1. The Morgan fingerprint density at radius 2 is 0.870 bits per heavy atom. The quantitative estimate of drug-likeness (QED) is 0.388. The first-order valence-electron chi connectivity index (χ1n) is 15.5. The van der Waals surface area contributed by atoms with E-state index in [0.717, 1.165) is 11.1 Å². The van der Waals surface area contributed by atoms with Crippen LogP contribution in [0.25, 0.3) is 0 Å². The van der Waals surface area contributed by atoms with Crippen molar-refractivity contribution in [1.29, 1.82) is 0 Å². The first-order chi connectivity index (χ1) is 21.6. The van der Waals surface area contributed by atoms with Crippen molar-refractivity contribution < 1.29 is 35.9 Å². The molecule has 256 valence electrons. The van der Waals surface area contributed by atoms with Crippen LogP contribution in [0.1, 0.15) is 38.8 Å². The Kier molecular flexibility index (Phi) is 13.7. The van der Waals surface area contributed by atoms with Crippen molar-refractivity contribution in [3.63, 3.8) is 0 Å². The van der Waals surface area contributed by atoms with E-state index >= 15 is 0 Å². The summed E-state index contributed by atoms with van der Waals surface area (Å²) < 4.78 is 69.1. The van der Waals surface area contributed by atoms with Gasteiger partial charge in [0.05, 0.1) is 36.2 Å². The van der Waals surface area contributed by atoms with Crippen molar-refractivity contribution in [2.24, 2.45) is 11.8 Å². The van der Waals surface area contributed by atoms with Gasteiger partial charge in [-0.3, -0.25) is 9.59 Å². The Labute approximate surface area is 273 Å². The van der Waals surface area contributed by atoms with Crippen LogP contribution in [0.3, 0.4) is 0 Å². The number of aryl methyl sites for hydroxylation is 2. The molecule has 0 unspecified atom stereocenters. The molecule has 46 heavy (non-hydrogen) atoms. The monoisotopic (exact) mass is 680 g/mol. The SMILES string of the molecule is Cc1ccc(S(=O)(=O)N[C@@H](C(=O)N2CCOCCN(C(=O)[C@H](NS(=O)(=O)c3ccc(C)cc3)C(C)C)CCOCC2)C(C)C)cc1. The minimum atomic E-state index is -3.94. The van der Waals surface area contributed by atoms with E-state index in [1.54, 1.807) is 52.0 Å². The number of ether oxygens (including phenoxy) is 2. The van der Waals surface area contributed by atoms with Gasteiger partial charge in [0, 0.05) is 26.2 Å². The number of sulfonamides is 2. The molecule has 0 saturated carbocycles. The molecule has 1 saturated heterocycles. The summed E-state index contributed by atoms with van der Waals surface area (Å²) in [6, 6.07) is 10.8. The first kappa shape index (κ1) is 37.6. The van der Waals surface area contributed by atoms with Gasteiger partial charge >= 0.3 is 0 Å². The Morgan fingerprint density at radius 3 is 1.13 bits per heavy atom. The van der Waals surface area contributed by atoms with Crippen molar-refractivity contribution in [2.45, 2.75) is 63.4 Å². The largest absolute Gasteiger partial charge is 0.378 e. The highest BCUT2D eigenvalue weighted by atomic mass is 32.2. The zero-order chi connectivity index (χ0) is 34.1. The van der Waals surface area contributed by atoms with Gasteiger partial charge in [-0.15, -0.1) is 0 Å². The van der Waals surface area contributed by atoms with E-state index in [9.17, 15) is 26.4 Å². The molecule has 2 aromatic carbocycles. The number of hydrogen-bond acceptors (Lipinski definition) is 8. The average Bonchev–Trinajstić information content (AvgIpc) is 2.98. The van der Waals surface area contributed by atoms with E-state index in [2.05, 4.69) is 9.44 Å². The number of carbonyl (C=O) groups excluding carboxylic acids is 2. The molecular weight excluding hydrogens is 633 g/mol. The predicted octanol–water partition coefficient (Wildman–Crippen LogP) is 2.31. The number of nitrogens with zero attached hydrogens (tertiary/aromatic N) is 2. The maximum atomic E-state index is 13.6. The molecule has 0 spiro atoms. The molecule has 2 atom stereocenters. The highest BCUT2D eigenvalue weighted by molar-refractivity contribution is 7.89. The molecule has 0 aliphatic carbocycles. The second kappa shape index (κ2) is 16.8. The van der Waals surface area contributed by atoms with E-state index in [4.69, 9.17) is 9.47 Å². The zero-order valence-corrected chi connectivity index (χ0v) is 29.2. The van der Waals surface area contributed by atoms with Gasteiger partial charge in [0.2, 0.25) is 31.9 Å². The normalized spacial score (nSPS) is 17.3. The summed E-state index contributed by atoms with van der Waals surface area (Å²) in [7, 11) is -7.88. The summed E-state index contributed by atoms with van der Waals surface area (Å²) in [6.07, 6.45) is 0. The molecule has 14 heteroatoms. The fourth-order valence-electron chi connectivity index (χ4n) is 4.81. The molecule has 2 amide bonds. The van der Waals surface area contributed by atoms with Crippen LogP contribution in [0.4, 0.5) is 0 Å². The van der Waals surface area contributed by atoms with Crippen LogP contribution in [0.2, 0.25) is 0 Å². The van der Waals surface area contributed by atoms with Gasteiger partial charge in [-0.2, -0.15) is 9.44 Å². The minimum absolute atomic E-state index is 0.0821. The second-order valence-electron chi connectivity index (χ2n) is 12.2. The maximum absolute atomic E-state index is 13.6. The smallest absolute Gasteiger partial charge is 0.241 e. The Morgan fingerprint density at radius 1 is 0.587 bits per heavy atom. The number of nitrogens with one attached hydrogen (secondary N) is 2. The molecular formula is C32H48N4O8S2. The van der Waals surface area contributed by atoms with Gasteiger partial charge < -0.3 is 19.3 Å². The van der Waals surface area contributed by atoms with Crippen molar-refractivity contribution in [2.75, 3.05) is 52.6 Å². The van der Waals surface area contributed by atoms with Crippen LogP contribution >= 0.6 is 0 Å². The van der Waals surface area contributed by atoms with Crippen LogP contribution in [-0.2, 0) is 39.1 Å². The van der Waals surface area contributed by atoms with Crippen LogP contribution in [0.5, 0.6) is 0 Å². The molecule has 2 N–H and O–H groups in total. The lowest BCUT2D eigenvalue weighted by molar-refractivity contribution is -0.137. The highest BCUT2D eigenvalue weighted by Gasteiger charge is 2.33. The number of benzene rings is 2. The second-order valence-corrected chi connectivity index (χ2v) is 15.6. The molecule has 1 fully saturated rings. The lowest BCUT2D eigenvalue weighted by Gasteiger charge is -2.32. The highest BCUT2D eigenvalue weighted by Crippen LogP contribution is 2.17. The fraction of sp³-hybridized carbons (Fsp3) is 0.562. The summed E-state index contributed by atoms with van der Waals surface area (Å²) in [5.41, 5.74) is 1.84. The van der Waals surface area contributed by atoms with Crippen molar-refractivity contribution in [1.82, 2.24) is 19.2 Å². The molecule has 12 nitrogen and oxygen atoms in total. The first-order valence-corrected chi connectivity index (χ1v) is 18.5. The van der Waals surface area contributed by atoms with E-state index in [1.807, 2.05) is 13.8 Å². The van der Waals surface area contributed by atoms with E-state index in [0.29, 0.717) is 0 Å². The van der Waals surface area contributed by atoms with Crippen LogP contribution in [0.15, 0.2) is 58.3 Å². The number of hydrogen-bond donors (Lipinski definition) is 2. The van der Waals surface area contributed by atoms with Crippen molar-refractivity contribution in [3.05, 3.63) is 59.7 Å². The topological polar surface area (TPSA) is 151 Å².